The first-order valence-corrected chi connectivity index (χ1v) is 10.6. The third-order valence-electron chi connectivity index (χ3n) is 5.28. The molecule has 1 N–H and O–H groups in total. The van der Waals surface area contributed by atoms with Crippen molar-refractivity contribution in [1.29, 1.82) is 5.26 Å². The first-order chi connectivity index (χ1) is 16.6. The van der Waals surface area contributed by atoms with E-state index in [4.69, 9.17) is 9.26 Å². The number of aromatic nitrogens is 5. The number of nitrogens with one attached hydrogen (secondary N) is 1. The number of fused-ring (bicyclic) bond motifs is 3. The SMILES string of the molecule is CCNC(=O)c1ccc(COc2nn3c(-c4cc(C)on4)nnc3c3ccccc23)c(C#N)c1. The number of rotatable bonds is 6. The number of hydrogen-bond donors (Lipinski definition) is 1. The van der Waals surface area contributed by atoms with Gasteiger partial charge in [0.25, 0.3) is 5.91 Å². The number of benzene rings is 2. The zero-order chi connectivity index (χ0) is 23.7. The van der Waals surface area contributed by atoms with Gasteiger partial charge in [-0.3, -0.25) is 4.79 Å². The number of carbonyl (C=O) groups is 1. The van der Waals surface area contributed by atoms with E-state index >= 15 is 0 Å². The molecule has 10 nitrogen and oxygen atoms in total. The summed E-state index contributed by atoms with van der Waals surface area (Å²) in [6.45, 7) is 4.22. The van der Waals surface area contributed by atoms with E-state index in [9.17, 15) is 10.1 Å². The summed E-state index contributed by atoms with van der Waals surface area (Å²) in [6, 6.07) is 16.4. The summed E-state index contributed by atoms with van der Waals surface area (Å²) in [5, 5.41) is 31.1. The average molecular weight is 453 g/mol. The number of hydrogen-bond acceptors (Lipinski definition) is 8. The van der Waals surface area contributed by atoms with Gasteiger partial charge in [-0.05, 0) is 32.0 Å². The third-order valence-corrected chi connectivity index (χ3v) is 5.28. The Balaban J connectivity index is 1.54. The number of nitrogens with zero attached hydrogens (tertiary/aromatic N) is 6. The Labute approximate surface area is 193 Å². The Hall–Kier alpha value is -4.78. The van der Waals surface area contributed by atoms with Gasteiger partial charge >= 0.3 is 0 Å². The molecule has 0 saturated heterocycles. The Bertz CT molecular complexity index is 1580. The third kappa shape index (κ3) is 3.69. The monoisotopic (exact) mass is 453 g/mol. The van der Waals surface area contributed by atoms with Crippen LogP contribution in [0.25, 0.3) is 27.9 Å². The molecular formula is C24H19N7O3. The summed E-state index contributed by atoms with van der Waals surface area (Å²) in [5.74, 6) is 1.18. The minimum atomic E-state index is -0.229. The van der Waals surface area contributed by atoms with Crippen molar-refractivity contribution in [2.45, 2.75) is 20.5 Å². The van der Waals surface area contributed by atoms with Crippen LogP contribution >= 0.6 is 0 Å². The number of ether oxygens (including phenoxy) is 1. The quantitative estimate of drug-likeness (QED) is 0.414. The predicted octanol–water partition coefficient (Wildman–Crippen LogP) is 3.44. The van der Waals surface area contributed by atoms with Crippen LogP contribution in [0.15, 0.2) is 53.1 Å². The Kier molecular flexibility index (Phi) is 5.35. The molecule has 0 spiro atoms. The molecule has 0 saturated carbocycles. The summed E-state index contributed by atoms with van der Waals surface area (Å²) in [6.07, 6.45) is 0. The van der Waals surface area contributed by atoms with Crippen molar-refractivity contribution in [2.24, 2.45) is 0 Å². The second-order valence-corrected chi connectivity index (χ2v) is 7.56. The molecule has 0 atom stereocenters. The highest BCUT2D eigenvalue weighted by Crippen LogP contribution is 2.29. The van der Waals surface area contributed by atoms with E-state index in [2.05, 4.69) is 31.8 Å². The molecule has 1 amide bonds. The van der Waals surface area contributed by atoms with Gasteiger partial charge in [0.2, 0.25) is 11.7 Å². The fourth-order valence-corrected chi connectivity index (χ4v) is 3.65. The van der Waals surface area contributed by atoms with Crippen molar-refractivity contribution in [3.8, 4) is 23.5 Å². The van der Waals surface area contributed by atoms with Crippen LogP contribution < -0.4 is 10.1 Å². The second kappa shape index (κ2) is 8.63. The largest absolute Gasteiger partial charge is 0.471 e. The minimum absolute atomic E-state index is 0.0849. The standard InChI is InChI=1S/C24H19N7O3/c1-3-26-23(32)15-8-9-16(17(11-15)12-25)13-33-24-19-7-5-4-6-18(19)21-27-28-22(31(21)29-24)20-10-14(2)34-30-20/h4-11H,3,13H2,1-2H3,(H,26,32). The van der Waals surface area contributed by atoms with Gasteiger partial charge in [-0.1, -0.05) is 29.4 Å². The maximum absolute atomic E-state index is 12.1. The maximum atomic E-state index is 12.1. The highest BCUT2D eigenvalue weighted by molar-refractivity contribution is 5.97. The molecule has 5 aromatic rings. The maximum Gasteiger partial charge on any atom is 0.251 e. The first kappa shape index (κ1) is 21.1. The van der Waals surface area contributed by atoms with Crippen LogP contribution in [0.4, 0.5) is 0 Å². The molecule has 0 aliphatic rings. The fraction of sp³-hybridized carbons (Fsp3) is 0.167. The molecule has 10 heteroatoms. The lowest BCUT2D eigenvalue weighted by Gasteiger charge is -2.11. The zero-order valence-corrected chi connectivity index (χ0v) is 18.4. The molecule has 0 unspecified atom stereocenters. The van der Waals surface area contributed by atoms with Crippen molar-refractivity contribution < 1.29 is 14.1 Å². The number of aryl methyl sites for hydroxylation is 1. The van der Waals surface area contributed by atoms with E-state index in [0.29, 0.717) is 52.0 Å². The van der Waals surface area contributed by atoms with Crippen molar-refractivity contribution in [1.82, 2.24) is 30.3 Å². The molecule has 0 aliphatic carbocycles. The first-order valence-electron chi connectivity index (χ1n) is 10.6. The summed E-state index contributed by atoms with van der Waals surface area (Å²) in [7, 11) is 0. The van der Waals surface area contributed by atoms with Gasteiger partial charge < -0.3 is 14.6 Å². The number of nitriles is 1. The van der Waals surface area contributed by atoms with Gasteiger partial charge in [-0.25, -0.2) is 0 Å². The molecule has 3 heterocycles. The predicted molar refractivity (Wildman–Crippen MR) is 122 cm³/mol. The second-order valence-electron chi connectivity index (χ2n) is 7.56. The van der Waals surface area contributed by atoms with E-state index in [1.54, 1.807) is 35.7 Å². The van der Waals surface area contributed by atoms with Gasteiger partial charge in [0.05, 0.1) is 11.6 Å². The van der Waals surface area contributed by atoms with Crippen LogP contribution in [0.1, 0.15) is 34.2 Å². The highest BCUT2D eigenvalue weighted by Gasteiger charge is 2.19. The van der Waals surface area contributed by atoms with E-state index in [1.807, 2.05) is 31.2 Å². The lowest BCUT2D eigenvalue weighted by molar-refractivity contribution is 0.0955. The van der Waals surface area contributed by atoms with Gasteiger partial charge in [0, 0.05) is 34.5 Å². The van der Waals surface area contributed by atoms with E-state index in [0.717, 1.165) is 10.8 Å². The summed E-state index contributed by atoms with van der Waals surface area (Å²) in [5.41, 5.74) is 2.48. The molecule has 168 valence electrons. The molecule has 0 fully saturated rings. The highest BCUT2D eigenvalue weighted by atomic mass is 16.5. The minimum Gasteiger partial charge on any atom is -0.471 e. The molecule has 3 aromatic heterocycles. The van der Waals surface area contributed by atoms with E-state index < -0.39 is 0 Å². The fourth-order valence-electron chi connectivity index (χ4n) is 3.65. The van der Waals surface area contributed by atoms with Crippen LogP contribution in [0.2, 0.25) is 0 Å². The smallest absolute Gasteiger partial charge is 0.251 e. The van der Waals surface area contributed by atoms with Gasteiger partial charge in [0.15, 0.2) is 11.3 Å². The van der Waals surface area contributed by atoms with Crippen LogP contribution in [-0.2, 0) is 6.61 Å². The molecule has 34 heavy (non-hydrogen) atoms. The Morgan fingerprint density at radius 3 is 2.74 bits per heavy atom. The van der Waals surface area contributed by atoms with Crippen LogP contribution in [0.3, 0.4) is 0 Å². The molecule has 0 radical (unpaired) electrons. The van der Waals surface area contributed by atoms with Gasteiger partial charge in [0.1, 0.15) is 12.4 Å². The normalized spacial score (nSPS) is 11.0. The van der Waals surface area contributed by atoms with E-state index in [1.165, 1.54) is 0 Å². The average Bonchev–Trinajstić information content (AvgIpc) is 3.48. The number of amides is 1. The summed E-state index contributed by atoms with van der Waals surface area (Å²) in [4.78, 5) is 12.1. The van der Waals surface area contributed by atoms with Gasteiger partial charge in [-0.15, -0.1) is 15.3 Å². The van der Waals surface area contributed by atoms with Crippen molar-refractivity contribution in [3.05, 3.63) is 71.0 Å². The molecule has 0 aliphatic heterocycles. The number of carbonyl (C=O) groups excluding carboxylic acids is 1. The van der Waals surface area contributed by atoms with E-state index in [-0.39, 0.29) is 12.5 Å². The topological polar surface area (TPSA) is 131 Å². The molecule has 2 aromatic carbocycles. The molecule has 5 rings (SSSR count). The summed E-state index contributed by atoms with van der Waals surface area (Å²) < 4.78 is 12.8. The van der Waals surface area contributed by atoms with Crippen LogP contribution in [0, 0.1) is 18.3 Å². The molecular weight excluding hydrogens is 434 g/mol. The van der Waals surface area contributed by atoms with Crippen LogP contribution in [0.5, 0.6) is 5.88 Å². The summed E-state index contributed by atoms with van der Waals surface area (Å²) >= 11 is 0. The van der Waals surface area contributed by atoms with Crippen LogP contribution in [-0.4, -0.2) is 37.4 Å². The Morgan fingerprint density at radius 2 is 2.00 bits per heavy atom. The van der Waals surface area contributed by atoms with Gasteiger partial charge in [-0.2, -0.15) is 9.78 Å². The lowest BCUT2D eigenvalue weighted by atomic mass is 10.0. The van der Waals surface area contributed by atoms with Crippen molar-refractivity contribution in [3.63, 3.8) is 0 Å². The zero-order valence-electron chi connectivity index (χ0n) is 18.4. The molecule has 0 bridgehead atoms. The Morgan fingerprint density at radius 1 is 1.18 bits per heavy atom. The van der Waals surface area contributed by atoms with Crippen molar-refractivity contribution in [2.75, 3.05) is 6.54 Å². The lowest BCUT2D eigenvalue weighted by Crippen LogP contribution is -2.22. The van der Waals surface area contributed by atoms with Crippen molar-refractivity contribution >= 4 is 22.3 Å².